The summed E-state index contributed by atoms with van der Waals surface area (Å²) < 4.78 is 68.5. The fourth-order valence-electron chi connectivity index (χ4n) is 9.78. The van der Waals surface area contributed by atoms with Gasteiger partial charge in [-0.2, -0.15) is 0 Å². The fourth-order valence-corrected chi connectivity index (χ4v) is 11.4. The quantitative estimate of drug-likeness (QED) is 0.0169. The van der Waals surface area contributed by atoms with Crippen molar-refractivity contribution in [3.05, 3.63) is 170 Å². The van der Waals surface area contributed by atoms with E-state index in [9.17, 15) is 43.2 Å². The second-order valence-corrected chi connectivity index (χ2v) is 28.4. The first-order valence-corrected chi connectivity index (χ1v) is 42.4. The number of unbranched alkanes of at least 4 members (excludes halogenated alkanes) is 18. The molecule has 0 fully saturated rings. The molecule has 0 bridgehead atoms. The Hall–Kier alpha value is -5.58. The van der Waals surface area contributed by atoms with Gasteiger partial charge < -0.3 is 33.8 Å². The molecule has 0 heterocycles. The van der Waals surface area contributed by atoms with Crippen LogP contribution in [0.5, 0.6) is 0 Å². The van der Waals surface area contributed by atoms with Gasteiger partial charge in [0.15, 0.2) is 12.2 Å². The van der Waals surface area contributed by atoms with Gasteiger partial charge in [0.2, 0.25) is 0 Å². The van der Waals surface area contributed by atoms with Crippen LogP contribution >= 0.6 is 15.6 Å². The van der Waals surface area contributed by atoms with Crippen LogP contribution in [0, 0.1) is 0 Å². The SMILES string of the molecule is CC/C=C\C/C=C\C/C=C\C/C=C\C/C=C\C/C=C\CCC(=O)OCC(COP(=O)(O)OCC(O)COP(=O)(O)OCC(COC(=O)CCCCCCC/C=C\C/C=C\C/C=C\CC)OC(=O)CCCCCCC/C=C\C/C=C\CCC)OC(=O)CCCCCCCCC/C=C\C/C=C\C/C=C\CC. The van der Waals surface area contributed by atoms with Crippen molar-refractivity contribution >= 4 is 39.5 Å². The van der Waals surface area contributed by atoms with Crippen LogP contribution in [-0.4, -0.2) is 96.7 Å². The smallest absolute Gasteiger partial charge is 0.462 e. The number of aliphatic hydroxyl groups is 1. The number of rotatable bonds is 72. The number of phosphoric ester groups is 2. The molecule has 19 heteroatoms. The molecule has 590 valence electrons. The van der Waals surface area contributed by atoms with Crippen LogP contribution in [0.2, 0.25) is 0 Å². The van der Waals surface area contributed by atoms with E-state index in [1.807, 2.05) is 18.2 Å². The fraction of sp³-hybridized carbons (Fsp3) is 0.624. The molecule has 0 amide bonds. The van der Waals surface area contributed by atoms with Crippen molar-refractivity contribution in [3.63, 3.8) is 0 Å². The number of carbonyl (C=O) groups is 4. The number of aliphatic hydroxyl groups excluding tert-OH is 1. The lowest BCUT2D eigenvalue weighted by molar-refractivity contribution is -0.161. The van der Waals surface area contributed by atoms with Crippen molar-refractivity contribution < 1.29 is 80.2 Å². The molecule has 0 saturated heterocycles. The molecule has 0 radical (unpaired) electrons. The number of phosphoric acid groups is 2. The monoisotopic (exact) mass is 1490 g/mol. The van der Waals surface area contributed by atoms with Crippen LogP contribution in [0.15, 0.2) is 170 Å². The predicted octanol–water partition coefficient (Wildman–Crippen LogP) is 23.0. The van der Waals surface area contributed by atoms with E-state index in [0.29, 0.717) is 32.1 Å². The highest BCUT2D eigenvalue weighted by molar-refractivity contribution is 7.47. The molecule has 0 saturated carbocycles. The van der Waals surface area contributed by atoms with E-state index in [-0.39, 0.29) is 25.7 Å². The van der Waals surface area contributed by atoms with Crippen molar-refractivity contribution in [2.45, 2.75) is 303 Å². The summed E-state index contributed by atoms with van der Waals surface area (Å²) in [5, 5.41) is 10.6. The van der Waals surface area contributed by atoms with E-state index < -0.39 is 97.5 Å². The zero-order valence-electron chi connectivity index (χ0n) is 64.4. The Bertz CT molecular complexity index is 2640. The van der Waals surface area contributed by atoms with Crippen LogP contribution in [-0.2, 0) is 65.4 Å². The summed E-state index contributed by atoms with van der Waals surface area (Å²) in [5.74, 6) is -2.33. The van der Waals surface area contributed by atoms with Gasteiger partial charge in [-0.25, -0.2) is 9.13 Å². The van der Waals surface area contributed by atoms with E-state index in [1.165, 1.54) is 0 Å². The van der Waals surface area contributed by atoms with Crippen molar-refractivity contribution in [1.29, 1.82) is 0 Å². The Balaban J connectivity index is 5.46. The molecule has 0 aromatic heterocycles. The highest BCUT2D eigenvalue weighted by Crippen LogP contribution is 2.45. The molecule has 0 spiro atoms. The first kappa shape index (κ1) is 98.4. The maximum Gasteiger partial charge on any atom is 0.472 e. The van der Waals surface area contributed by atoms with Gasteiger partial charge in [-0.05, 0) is 154 Å². The van der Waals surface area contributed by atoms with Crippen molar-refractivity contribution in [2.75, 3.05) is 39.6 Å². The molecule has 0 rings (SSSR count). The van der Waals surface area contributed by atoms with Crippen LogP contribution in [0.4, 0.5) is 0 Å². The number of allylic oxidation sites excluding steroid dienone is 28. The van der Waals surface area contributed by atoms with Gasteiger partial charge in [-0.15, -0.1) is 0 Å². The zero-order chi connectivity index (χ0) is 76.0. The van der Waals surface area contributed by atoms with Gasteiger partial charge in [-0.1, -0.05) is 275 Å². The van der Waals surface area contributed by atoms with Crippen LogP contribution in [0.3, 0.4) is 0 Å². The molecule has 0 aliphatic heterocycles. The predicted molar refractivity (Wildman–Crippen MR) is 426 cm³/mol. The lowest BCUT2D eigenvalue weighted by Crippen LogP contribution is -2.30. The average Bonchev–Trinajstić information content (AvgIpc) is 0.911. The van der Waals surface area contributed by atoms with Gasteiger partial charge in [0.25, 0.3) is 0 Å². The maximum atomic E-state index is 13.1. The van der Waals surface area contributed by atoms with E-state index in [1.54, 1.807) is 0 Å². The third kappa shape index (κ3) is 74.7. The van der Waals surface area contributed by atoms with E-state index >= 15 is 0 Å². The maximum absolute atomic E-state index is 13.1. The number of carbonyl (C=O) groups excluding carboxylic acids is 4. The van der Waals surface area contributed by atoms with Gasteiger partial charge in [0.05, 0.1) is 26.4 Å². The highest BCUT2D eigenvalue weighted by atomic mass is 31.2. The van der Waals surface area contributed by atoms with Crippen molar-refractivity contribution in [3.8, 4) is 0 Å². The van der Waals surface area contributed by atoms with Crippen molar-refractivity contribution in [2.24, 2.45) is 0 Å². The Morgan fingerprint density at radius 3 is 0.827 bits per heavy atom. The largest absolute Gasteiger partial charge is 0.472 e. The molecule has 17 nitrogen and oxygen atoms in total. The zero-order valence-corrected chi connectivity index (χ0v) is 66.2. The third-order valence-corrected chi connectivity index (χ3v) is 17.6. The van der Waals surface area contributed by atoms with Crippen molar-refractivity contribution in [1.82, 2.24) is 0 Å². The van der Waals surface area contributed by atoms with E-state index in [4.69, 9.17) is 37.0 Å². The number of esters is 4. The third-order valence-electron chi connectivity index (χ3n) is 15.7. The number of hydrogen-bond acceptors (Lipinski definition) is 15. The molecular weight excluding hydrogens is 1350 g/mol. The summed E-state index contributed by atoms with van der Waals surface area (Å²) in [6, 6.07) is 0. The van der Waals surface area contributed by atoms with E-state index in [0.717, 1.165) is 199 Å². The summed E-state index contributed by atoms with van der Waals surface area (Å²) in [5.41, 5.74) is 0. The molecule has 0 aliphatic rings. The Morgan fingerprint density at radius 1 is 0.279 bits per heavy atom. The van der Waals surface area contributed by atoms with Crippen LogP contribution in [0.25, 0.3) is 0 Å². The Labute approximate surface area is 629 Å². The minimum absolute atomic E-state index is 0.0277. The summed E-state index contributed by atoms with van der Waals surface area (Å²) in [4.78, 5) is 73.0. The number of ether oxygens (including phenoxy) is 4. The Kier molecular flexibility index (Phi) is 71.6. The normalized spacial score (nSPS) is 14.8. The second-order valence-electron chi connectivity index (χ2n) is 25.5. The molecule has 0 aromatic rings. The second kappa shape index (κ2) is 75.6. The average molecular weight is 1490 g/mol. The first-order chi connectivity index (χ1) is 50.7. The molecule has 0 aromatic carbocycles. The molecule has 5 atom stereocenters. The standard InChI is InChI=1S/C85H138O17P2/c1-5-9-13-17-21-25-29-33-36-38-39-41-43-47-50-54-58-62-66-70-83(88)96-76-81(102-85(90)72-68-64-60-56-52-48-44-40-37-34-30-26-22-18-14-10-6-2)78-100-104(93,94)98-74-79(86)73-97-103(91,92)99-77-80(101-84(89)71-67-63-59-55-51-45-32-28-24-20-16-12-8-4)75-95-82(87)69-65-61-57-53-49-46-42-35-31-27-23-19-15-11-7-3/h9-11,13-16,20-23,25-28,32-37,39,41-42,47,50,58,62,79-81,86H,5-8,12,17-19,24,29-31,38,40,43-46,48-49,51-57,59-61,63-78H2,1-4H3,(H,91,92)(H,93,94)/b13-9-,14-10-,15-11-,20-16-,25-21-,26-22-,27-23-,32-28-,36-33-,37-34-,41-39-,42-35-,50-47-,62-58-. The minimum Gasteiger partial charge on any atom is -0.462 e. The summed E-state index contributed by atoms with van der Waals surface area (Å²) in [6.07, 6.45) is 89.2. The molecule has 0 aliphatic carbocycles. The van der Waals surface area contributed by atoms with Crippen LogP contribution < -0.4 is 0 Å². The lowest BCUT2D eigenvalue weighted by Gasteiger charge is -2.21. The van der Waals surface area contributed by atoms with Gasteiger partial charge >= 0.3 is 39.5 Å². The molecule has 5 unspecified atom stereocenters. The van der Waals surface area contributed by atoms with Gasteiger partial charge in [-0.3, -0.25) is 37.3 Å². The van der Waals surface area contributed by atoms with Gasteiger partial charge in [0, 0.05) is 25.7 Å². The topological polar surface area (TPSA) is 237 Å². The minimum atomic E-state index is -5.01. The Morgan fingerprint density at radius 2 is 0.519 bits per heavy atom. The summed E-state index contributed by atoms with van der Waals surface area (Å²) in [6.45, 7) is 4.32. The molecular formula is C85H138O17P2. The number of hydrogen-bond donors (Lipinski definition) is 3. The molecule has 104 heavy (non-hydrogen) atoms. The van der Waals surface area contributed by atoms with Crippen LogP contribution in [0.1, 0.15) is 285 Å². The van der Waals surface area contributed by atoms with E-state index in [2.05, 4.69) is 180 Å². The highest BCUT2D eigenvalue weighted by Gasteiger charge is 2.30. The lowest BCUT2D eigenvalue weighted by atomic mass is 10.1. The first-order valence-electron chi connectivity index (χ1n) is 39.4. The van der Waals surface area contributed by atoms with Gasteiger partial charge in [0.1, 0.15) is 19.3 Å². The molecule has 3 N–H and O–H groups in total. The summed E-state index contributed by atoms with van der Waals surface area (Å²) in [7, 11) is -10.0. The summed E-state index contributed by atoms with van der Waals surface area (Å²) >= 11 is 0.